The van der Waals surface area contributed by atoms with Crippen molar-refractivity contribution in [1.82, 2.24) is 4.57 Å². The van der Waals surface area contributed by atoms with Crippen molar-refractivity contribution in [3.05, 3.63) is 161 Å². The fraction of sp³-hybridized carbons (Fsp3) is 0.114. The lowest BCUT2D eigenvalue weighted by atomic mass is 9.93. The van der Waals surface area contributed by atoms with Crippen molar-refractivity contribution in [2.24, 2.45) is 4.99 Å². The molecule has 9 heteroatoms. The normalized spacial score (nSPS) is 14.6. The van der Waals surface area contributed by atoms with Gasteiger partial charge in [-0.15, -0.1) is 0 Å². The summed E-state index contributed by atoms with van der Waals surface area (Å²) >= 11 is 7.45. The van der Waals surface area contributed by atoms with Crippen molar-refractivity contribution in [3.63, 3.8) is 0 Å². The molecule has 1 aromatic heterocycles. The third-order valence-corrected chi connectivity index (χ3v) is 8.27. The molecule has 6 nitrogen and oxygen atoms in total. The van der Waals surface area contributed by atoms with E-state index >= 15 is 0 Å². The highest BCUT2D eigenvalue weighted by Crippen LogP contribution is 2.35. The minimum Gasteiger partial charge on any atom is -0.489 e. The third-order valence-electron chi connectivity index (χ3n) is 7.03. The fourth-order valence-electron chi connectivity index (χ4n) is 4.99. The quantitative estimate of drug-likeness (QED) is 0.190. The van der Waals surface area contributed by atoms with Crippen LogP contribution in [-0.4, -0.2) is 17.1 Å². The van der Waals surface area contributed by atoms with Gasteiger partial charge in [0, 0.05) is 10.6 Å². The van der Waals surface area contributed by atoms with Crippen molar-refractivity contribution < 1.29 is 18.7 Å². The van der Waals surface area contributed by atoms with Crippen LogP contribution in [0.1, 0.15) is 35.2 Å². The van der Waals surface area contributed by atoms with Gasteiger partial charge in [0.25, 0.3) is 5.56 Å². The Morgan fingerprint density at radius 3 is 2.48 bits per heavy atom. The number of aromatic nitrogens is 1. The molecule has 0 spiro atoms. The molecule has 0 bridgehead atoms. The summed E-state index contributed by atoms with van der Waals surface area (Å²) in [7, 11) is 0. The average Bonchev–Trinajstić information content (AvgIpc) is 3.35. The Morgan fingerprint density at radius 2 is 1.75 bits per heavy atom. The Morgan fingerprint density at radius 1 is 1.00 bits per heavy atom. The molecule has 0 saturated carbocycles. The van der Waals surface area contributed by atoms with E-state index in [0.29, 0.717) is 31.4 Å². The predicted molar refractivity (Wildman–Crippen MR) is 170 cm³/mol. The summed E-state index contributed by atoms with van der Waals surface area (Å²) < 4.78 is 26.7. The van der Waals surface area contributed by atoms with Gasteiger partial charge in [0.15, 0.2) is 4.80 Å². The van der Waals surface area contributed by atoms with Crippen LogP contribution in [0.25, 0.3) is 11.8 Å². The number of ether oxygens (including phenoxy) is 2. The van der Waals surface area contributed by atoms with Gasteiger partial charge in [-0.2, -0.15) is 0 Å². The van der Waals surface area contributed by atoms with Crippen LogP contribution in [0.2, 0.25) is 5.02 Å². The van der Waals surface area contributed by atoms with E-state index in [1.54, 1.807) is 54.0 Å². The number of thiazole rings is 1. The monoisotopic (exact) mass is 624 g/mol. The maximum atomic E-state index is 14.1. The highest BCUT2D eigenvalue weighted by atomic mass is 35.5. The van der Waals surface area contributed by atoms with E-state index in [4.69, 9.17) is 26.1 Å². The number of benzene rings is 4. The molecule has 1 atom stereocenters. The molecule has 1 aliphatic heterocycles. The first-order chi connectivity index (χ1) is 21.4. The van der Waals surface area contributed by atoms with E-state index in [1.807, 2.05) is 54.6 Å². The second-order valence-electron chi connectivity index (χ2n) is 9.97. The van der Waals surface area contributed by atoms with Gasteiger partial charge in [-0.05, 0) is 66.1 Å². The van der Waals surface area contributed by atoms with E-state index in [-0.39, 0.29) is 30.2 Å². The molecule has 0 N–H and O–H groups in total. The summed E-state index contributed by atoms with van der Waals surface area (Å²) in [5.74, 6) is -0.248. The van der Waals surface area contributed by atoms with Gasteiger partial charge in [-0.1, -0.05) is 89.7 Å². The Labute approximate surface area is 261 Å². The van der Waals surface area contributed by atoms with E-state index in [2.05, 4.69) is 0 Å². The van der Waals surface area contributed by atoms with Crippen molar-refractivity contribution >= 4 is 40.7 Å². The number of hydrogen-bond acceptors (Lipinski definition) is 6. The maximum Gasteiger partial charge on any atom is 0.338 e. The molecule has 0 radical (unpaired) electrons. The highest BCUT2D eigenvalue weighted by Gasteiger charge is 2.35. The van der Waals surface area contributed by atoms with Crippen LogP contribution in [0.15, 0.2) is 118 Å². The van der Waals surface area contributed by atoms with Crippen LogP contribution in [0.5, 0.6) is 5.75 Å². The second-order valence-corrected chi connectivity index (χ2v) is 11.4. The maximum absolute atomic E-state index is 14.1. The number of rotatable bonds is 8. The smallest absolute Gasteiger partial charge is 0.338 e. The lowest BCUT2D eigenvalue weighted by molar-refractivity contribution is -0.138. The van der Waals surface area contributed by atoms with E-state index in [0.717, 1.165) is 16.7 Å². The van der Waals surface area contributed by atoms with E-state index < -0.39 is 12.0 Å². The molecule has 44 heavy (non-hydrogen) atoms. The fourth-order valence-corrected chi connectivity index (χ4v) is 6.12. The lowest BCUT2D eigenvalue weighted by Gasteiger charge is -2.25. The molecule has 0 fully saturated rings. The zero-order valence-corrected chi connectivity index (χ0v) is 25.1. The van der Waals surface area contributed by atoms with Gasteiger partial charge in [0.2, 0.25) is 0 Å². The minimum absolute atomic E-state index is 0.168. The summed E-state index contributed by atoms with van der Waals surface area (Å²) in [6.45, 7) is 2.18. The molecule has 0 aliphatic carbocycles. The number of carbonyl (C=O) groups excluding carboxylic acids is 1. The van der Waals surface area contributed by atoms with Crippen LogP contribution in [-0.2, 0) is 16.1 Å². The van der Waals surface area contributed by atoms with E-state index in [9.17, 15) is 14.0 Å². The Balaban J connectivity index is 1.47. The third kappa shape index (κ3) is 6.13. The summed E-state index contributed by atoms with van der Waals surface area (Å²) in [4.78, 5) is 33.0. The van der Waals surface area contributed by atoms with Gasteiger partial charge in [-0.3, -0.25) is 9.36 Å². The Bertz CT molecular complexity index is 2040. The SMILES string of the molecule is CCOC(=O)C1=C(c2ccccc2)N=c2s/c(=C\c3cccc(OCc4ccc(F)cc4)c3)c(=O)n2[C@H]1c1ccc(Cl)cc1. The van der Waals surface area contributed by atoms with Gasteiger partial charge in [-0.25, -0.2) is 14.2 Å². The largest absolute Gasteiger partial charge is 0.489 e. The zero-order chi connectivity index (χ0) is 30.6. The van der Waals surface area contributed by atoms with Crippen LogP contribution in [0.4, 0.5) is 4.39 Å². The molecule has 220 valence electrons. The van der Waals surface area contributed by atoms with Crippen molar-refractivity contribution in [2.75, 3.05) is 6.61 Å². The van der Waals surface area contributed by atoms with Gasteiger partial charge in [0.1, 0.15) is 18.2 Å². The lowest BCUT2D eigenvalue weighted by Crippen LogP contribution is -2.40. The molecular formula is C35H26ClFN2O4S. The second kappa shape index (κ2) is 12.8. The summed E-state index contributed by atoms with van der Waals surface area (Å²) in [5, 5.41) is 0.535. The van der Waals surface area contributed by atoms with Gasteiger partial charge < -0.3 is 9.47 Å². The van der Waals surface area contributed by atoms with E-state index in [1.165, 1.54) is 23.5 Å². The molecule has 0 saturated heterocycles. The van der Waals surface area contributed by atoms with Crippen LogP contribution in [0.3, 0.4) is 0 Å². The van der Waals surface area contributed by atoms with Crippen LogP contribution >= 0.6 is 22.9 Å². The predicted octanol–water partition coefficient (Wildman–Crippen LogP) is 6.31. The number of hydrogen-bond donors (Lipinski definition) is 0. The molecule has 5 aromatic rings. The molecule has 0 amide bonds. The standard InChI is InChI=1S/C35H26ClFN2O4S/c1-2-42-34(41)30-31(24-8-4-3-5-9-24)38-35-39(32(30)25-13-15-26(36)16-14-25)33(40)29(44-35)20-23-7-6-10-28(19-23)43-21-22-11-17-27(37)18-12-22/h3-20,32H,2,21H2,1H3/b29-20-/t32-/m0/s1. The van der Waals surface area contributed by atoms with Gasteiger partial charge >= 0.3 is 5.97 Å². The molecular weight excluding hydrogens is 599 g/mol. The van der Waals surface area contributed by atoms with Crippen molar-refractivity contribution in [1.29, 1.82) is 0 Å². The van der Waals surface area contributed by atoms with Crippen molar-refractivity contribution in [3.8, 4) is 5.75 Å². The van der Waals surface area contributed by atoms with Crippen LogP contribution < -0.4 is 19.6 Å². The Hall–Kier alpha value is -4.79. The number of esters is 1. The number of halogens is 2. The zero-order valence-electron chi connectivity index (χ0n) is 23.6. The average molecular weight is 625 g/mol. The molecule has 4 aromatic carbocycles. The molecule has 6 rings (SSSR count). The molecule has 2 heterocycles. The number of nitrogens with zero attached hydrogens (tertiary/aromatic N) is 2. The number of fused-ring (bicyclic) bond motifs is 1. The molecule has 0 unspecified atom stereocenters. The topological polar surface area (TPSA) is 69.9 Å². The first kappa shape index (κ1) is 29.3. The van der Waals surface area contributed by atoms with Gasteiger partial charge in [0.05, 0.1) is 28.5 Å². The first-order valence-electron chi connectivity index (χ1n) is 13.9. The number of carbonyl (C=O) groups is 1. The molecule has 1 aliphatic rings. The summed E-state index contributed by atoms with van der Waals surface area (Å²) in [6.07, 6.45) is 1.78. The Kier molecular flexibility index (Phi) is 8.54. The van der Waals surface area contributed by atoms with Crippen molar-refractivity contribution in [2.45, 2.75) is 19.6 Å². The summed E-state index contributed by atoms with van der Waals surface area (Å²) in [6, 6.07) is 29.2. The minimum atomic E-state index is -0.787. The van der Waals surface area contributed by atoms with Crippen LogP contribution in [0, 0.1) is 5.82 Å². The summed E-state index contributed by atoms with van der Waals surface area (Å²) in [5.41, 5.74) is 3.45. The first-order valence-corrected chi connectivity index (χ1v) is 15.1. The highest BCUT2D eigenvalue weighted by molar-refractivity contribution is 7.07.